The summed E-state index contributed by atoms with van der Waals surface area (Å²) in [6.45, 7) is 0. The second-order valence-corrected chi connectivity index (χ2v) is 6.85. The summed E-state index contributed by atoms with van der Waals surface area (Å²) in [5, 5.41) is 23.4. The molecule has 1 fully saturated rings. The summed E-state index contributed by atoms with van der Waals surface area (Å²) < 4.78 is 0. The number of nitro benzene ring substituents is 1. The van der Waals surface area contributed by atoms with Crippen molar-refractivity contribution in [2.75, 3.05) is 0 Å². The summed E-state index contributed by atoms with van der Waals surface area (Å²) in [6.07, 6.45) is 3.09. The number of benzene rings is 2. The summed E-state index contributed by atoms with van der Waals surface area (Å²) in [4.78, 5) is 26.9. The first-order chi connectivity index (χ1) is 12.9. The Labute approximate surface area is 163 Å². The third kappa shape index (κ3) is 4.96. The van der Waals surface area contributed by atoms with Gasteiger partial charge in [0.25, 0.3) is 11.6 Å². The number of amides is 1. The Hall–Kier alpha value is -3.10. The molecule has 0 aliphatic carbocycles. The fourth-order valence-electron chi connectivity index (χ4n) is 2.18. The lowest BCUT2D eigenvalue weighted by molar-refractivity contribution is -0.384. The molecule has 3 rings (SSSR count). The summed E-state index contributed by atoms with van der Waals surface area (Å²) in [5.41, 5.74) is 1.16. The van der Waals surface area contributed by atoms with Gasteiger partial charge in [0.05, 0.1) is 15.5 Å². The van der Waals surface area contributed by atoms with Crippen molar-refractivity contribution >= 4 is 51.9 Å². The van der Waals surface area contributed by atoms with Crippen LogP contribution in [0.4, 0.5) is 11.4 Å². The Morgan fingerprint density at radius 1 is 1.26 bits per heavy atom. The van der Waals surface area contributed by atoms with Gasteiger partial charge in [0.1, 0.15) is 5.75 Å². The standard InChI is InChI=1S/C18H12ClN3O4S/c19-12(8-11-4-6-14(7-5-11)22(25)26)9-16-17(24)21-18(27-16)20-13-2-1-3-15(23)10-13/h1-10,23H,(H,20,21,24)/b12-8-,16-9-. The molecule has 0 spiro atoms. The number of amidine groups is 1. The normalized spacial score (nSPS) is 17.4. The summed E-state index contributed by atoms with van der Waals surface area (Å²) >= 11 is 7.30. The fourth-order valence-corrected chi connectivity index (χ4v) is 3.31. The van der Waals surface area contributed by atoms with Crippen molar-refractivity contribution in [1.82, 2.24) is 5.32 Å². The number of allylic oxidation sites excluding steroid dienone is 2. The highest BCUT2D eigenvalue weighted by molar-refractivity contribution is 8.18. The lowest BCUT2D eigenvalue weighted by atomic mass is 10.2. The molecule has 1 aliphatic heterocycles. The predicted octanol–water partition coefficient (Wildman–Crippen LogP) is 4.31. The summed E-state index contributed by atoms with van der Waals surface area (Å²) in [7, 11) is 0. The molecule has 1 saturated heterocycles. The smallest absolute Gasteiger partial charge is 0.269 e. The zero-order valence-corrected chi connectivity index (χ0v) is 15.2. The maximum Gasteiger partial charge on any atom is 0.269 e. The minimum atomic E-state index is -0.482. The van der Waals surface area contributed by atoms with Gasteiger partial charge in [-0.25, -0.2) is 4.99 Å². The molecule has 27 heavy (non-hydrogen) atoms. The van der Waals surface area contributed by atoms with Crippen LogP contribution in [-0.4, -0.2) is 21.1 Å². The van der Waals surface area contributed by atoms with Gasteiger partial charge in [-0.05, 0) is 53.7 Å². The number of phenols is 1. The first-order valence-corrected chi connectivity index (χ1v) is 8.80. The van der Waals surface area contributed by atoms with E-state index in [1.165, 1.54) is 30.3 Å². The van der Waals surface area contributed by atoms with Crippen LogP contribution in [0.3, 0.4) is 0 Å². The first-order valence-electron chi connectivity index (χ1n) is 7.61. The van der Waals surface area contributed by atoms with Crippen LogP contribution in [0.5, 0.6) is 5.75 Å². The average Bonchev–Trinajstić information content (AvgIpc) is 2.94. The molecular formula is C18H12ClN3O4S. The number of rotatable bonds is 4. The van der Waals surface area contributed by atoms with Gasteiger partial charge < -0.3 is 10.4 Å². The first kappa shape index (κ1) is 18.7. The Balaban J connectivity index is 1.76. The molecule has 0 saturated carbocycles. The lowest BCUT2D eigenvalue weighted by Crippen LogP contribution is -2.19. The van der Waals surface area contributed by atoms with E-state index >= 15 is 0 Å². The van der Waals surface area contributed by atoms with Crippen LogP contribution in [0.2, 0.25) is 0 Å². The molecule has 0 radical (unpaired) electrons. The predicted molar refractivity (Wildman–Crippen MR) is 106 cm³/mol. The van der Waals surface area contributed by atoms with Gasteiger partial charge in [-0.15, -0.1) is 0 Å². The molecule has 1 heterocycles. The minimum Gasteiger partial charge on any atom is -0.508 e. The van der Waals surface area contributed by atoms with Gasteiger partial charge in [0.15, 0.2) is 5.17 Å². The average molecular weight is 402 g/mol. The van der Waals surface area contributed by atoms with Gasteiger partial charge in [0, 0.05) is 23.2 Å². The Morgan fingerprint density at radius 2 is 2.00 bits per heavy atom. The summed E-state index contributed by atoms with van der Waals surface area (Å²) in [6, 6.07) is 12.2. The van der Waals surface area contributed by atoms with E-state index in [-0.39, 0.29) is 17.3 Å². The number of non-ortho nitro benzene ring substituents is 1. The van der Waals surface area contributed by atoms with Crippen LogP contribution in [-0.2, 0) is 4.79 Å². The van der Waals surface area contributed by atoms with Crippen LogP contribution in [0.1, 0.15) is 5.56 Å². The zero-order chi connectivity index (χ0) is 19.4. The number of carbonyl (C=O) groups excluding carboxylic acids is 1. The quantitative estimate of drug-likeness (QED) is 0.451. The molecule has 2 aromatic carbocycles. The molecule has 0 unspecified atom stereocenters. The number of carbonyl (C=O) groups is 1. The Morgan fingerprint density at radius 3 is 2.67 bits per heavy atom. The molecule has 136 valence electrons. The minimum absolute atomic E-state index is 0.0137. The lowest BCUT2D eigenvalue weighted by Gasteiger charge is -1.97. The van der Waals surface area contributed by atoms with Crippen molar-refractivity contribution in [3.63, 3.8) is 0 Å². The van der Waals surface area contributed by atoms with E-state index in [1.807, 2.05) is 0 Å². The molecule has 0 aromatic heterocycles. The highest BCUT2D eigenvalue weighted by Crippen LogP contribution is 2.29. The number of thioether (sulfide) groups is 1. The summed E-state index contributed by atoms with van der Waals surface area (Å²) in [5.74, 6) is -0.259. The SMILES string of the molecule is O=C1NC(=Nc2cccc(O)c2)S/C1=C\C(Cl)=C\c1ccc([N+](=O)[O-])cc1. The van der Waals surface area contributed by atoms with Gasteiger partial charge >= 0.3 is 0 Å². The number of hydrogen-bond acceptors (Lipinski definition) is 6. The van der Waals surface area contributed by atoms with Crippen LogP contribution >= 0.6 is 23.4 Å². The molecule has 2 N–H and O–H groups in total. The Kier molecular flexibility index (Phi) is 5.58. The number of nitro groups is 1. The molecule has 9 heteroatoms. The topological polar surface area (TPSA) is 105 Å². The molecule has 1 amide bonds. The number of phenolic OH excluding ortho intramolecular Hbond substituents is 1. The maximum absolute atomic E-state index is 12.1. The van der Waals surface area contributed by atoms with E-state index in [0.717, 1.165) is 11.8 Å². The highest BCUT2D eigenvalue weighted by atomic mass is 35.5. The van der Waals surface area contributed by atoms with E-state index in [0.29, 0.717) is 26.4 Å². The fraction of sp³-hybridized carbons (Fsp3) is 0. The highest BCUT2D eigenvalue weighted by Gasteiger charge is 2.24. The van der Waals surface area contributed by atoms with E-state index < -0.39 is 4.92 Å². The van der Waals surface area contributed by atoms with Gasteiger partial charge in [-0.3, -0.25) is 14.9 Å². The molecule has 1 aliphatic rings. The second-order valence-electron chi connectivity index (χ2n) is 5.38. The number of nitrogens with zero attached hydrogens (tertiary/aromatic N) is 2. The van der Waals surface area contributed by atoms with Crippen molar-refractivity contribution in [1.29, 1.82) is 0 Å². The van der Waals surface area contributed by atoms with Crippen molar-refractivity contribution in [3.8, 4) is 5.75 Å². The molecule has 7 nitrogen and oxygen atoms in total. The largest absolute Gasteiger partial charge is 0.508 e. The number of aromatic hydroxyl groups is 1. The van der Waals surface area contributed by atoms with E-state index in [2.05, 4.69) is 10.3 Å². The van der Waals surface area contributed by atoms with Crippen molar-refractivity contribution in [3.05, 3.63) is 80.2 Å². The number of hydrogen-bond donors (Lipinski definition) is 2. The van der Waals surface area contributed by atoms with E-state index in [9.17, 15) is 20.0 Å². The van der Waals surface area contributed by atoms with E-state index in [4.69, 9.17) is 11.6 Å². The third-order valence-corrected chi connectivity index (χ3v) is 4.52. The molecule has 2 aromatic rings. The number of halogens is 1. The third-order valence-electron chi connectivity index (χ3n) is 3.39. The van der Waals surface area contributed by atoms with Gasteiger partial charge in [-0.2, -0.15) is 0 Å². The van der Waals surface area contributed by atoms with Crippen molar-refractivity contribution in [2.24, 2.45) is 4.99 Å². The van der Waals surface area contributed by atoms with Crippen molar-refractivity contribution < 1.29 is 14.8 Å². The van der Waals surface area contributed by atoms with Crippen LogP contribution < -0.4 is 5.32 Å². The second kappa shape index (κ2) is 8.07. The zero-order valence-electron chi connectivity index (χ0n) is 13.6. The Bertz CT molecular complexity index is 1000. The van der Waals surface area contributed by atoms with Crippen LogP contribution in [0.25, 0.3) is 6.08 Å². The molecular weight excluding hydrogens is 390 g/mol. The van der Waals surface area contributed by atoms with Crippen LogP contribution in [0, 0.1) is 10.1 Å². The van der Waals surface area contributed by atoms with Gasteiger partial charge in [0.2, 0.25) is 0 Å². The number of aliphatic imine (C=N–C) groups is 1. The monoisotopic (exact) mass is 401 g/mol. The van der Waals surface area contributed by atoms with Gasteiger partial charge in [-0.1, -0.05) is 17.7 Å². The number of nitrogens with one attached hydrogen (secondary N) is 1. The molecule has 0 atom stereocenters. The van der Waals surface area contributed by atoms with E-state index in [1.54, 1.807) is 30.3 Å². The molecule has 0 bridgehead atoms. The van der Waals surface area contributed by atoms with Crippen molar-refractivity contribution in [2.45, 2.75) is 0 Å². The maximum atomic E-state index is 12.1. The van der Waals surface area contributed by atoms with Crippen LogP contribution in [0.15, 0.2) is 69.5 Å².